The second-order valence-corrected chi connectivity index (χ2v) is 5.84. The summed E-state index contributed by atoms with van der Waals surface area (Å²) >= 11 is 0. The first-order valence-electron chi connectivity index (χ1n) is 8.60. The average molecular weight is 373 g/mol. The van der Waals surface area contributed by atoms with E-state index in [-0.39, 0.29) is 5.91 Å². The van der Waals surface area contributed by atoms with Crippen LogP contribution in [0.3, 0.4) is 0 Å². The fourth-order valence-corrected chi connectivity index (χ4v) is 2.49. The van der Waals surface area contributed by atoms with Gasteiger partial charge in [0.25, 0.3) is 11.8 Å². The molecule has 0 bridgehead atoms. The number of nitrogens with one attached hydrogen (secondary N) is 2. The summed E-state index contributed by atoms with van der Waals surface area (Å²) in [7, 11) is 1.59. The molecule has 2 N–H and O–H groups in total. The molecule has 0 saturated carbocycles. The molecule has 3 aromatic carbocycles. The summed E-state index contributed by atoms with van der Waals surface area (Å²) in [5.74, 6) is 0.0283. The number of hydrogen-bond donors (Lipinski definition) is 2. The lowest BCUT2D eigenvalue weighted by Crippen LogP contribution is -2.21. The molecule has 2 amide bonds. The Bertz CT molecular complexity index is 983. The number of amides is 2. The zero-order chi connectivity index (χ0) is 19.8. The van der Waals surface area contributed by atoms with E-state index in [4.69, 9.17) is 4.74 Å². The number of rotatable bonds is 6. The second-order valence-electron chi connectivity index (χ2n) is 5.84. The molecule has 0 fully saturated rings. The summed E-state index contributed by atoms with van der Waals surface area (Å²) in [4.78, 5) is 24.8. The van der Waals surface area contributed by atoms with Crippen LogP contribution in [0.2, 0.25) is 0 Å². The van der Waals surface area contributed by atoms with E-state index in [1.54, 1.807) is 67.8 Å². The van der Waals surface area contributed by atoms with Crippen molar-refractivity contribution in [1.82, 2.24) is 5.43 Å². The first-order valence-corrected chi connectivity index (χ1v) is 8.60. The van der Waals surface area contributed by atoms with Crippen molar-refractivity contribution in [3.8, 4) is 5.75 Å². The standard InChI is InChI=1S/C22H19N3O3/c1-28-18-13-11-16(12-14-18)15-23-25-22(27)19-9-5-6-10-20(19)24-21(26)17-7-3-2-4-8-17/h2-15H,1H3,(H,24,26)(H,25,27)/b23-15-. The second kappa shape index (κ2) is 9.14. The summed E-state index contributed by atoms with van der Waals surface area (Å²) in [5, 5.41) is 6.74. The third-order valence-electron chi connectivity index (χ3n) is 3.95. The molecule has 6 heteroatoms. The number of hydrogen-bond acceptors (Lipinski definition) is 4. The van der Waals surface area contributed by atoms with Crippen LogP contribution in [-0.4, -0.2) is 25.1 Å². The van der Waals surface area contributed by atoms with Gasteiger partial charge in [0.1, 0.15) is 5.75 Å². The molecule has 3 rings (SSSR count). The Morgan fingerprint density at radius 1 is 0.857 bits per heavy atom. The Hall–Kier alpha value is -3.93. The maximum Gasteiger partial charge on any atom is 0.273 e. The average Bonchev–Trinajstić information content (AvgIpc) is 2.75. The van der Waals surface area contributed by atoms with Gasteiger partial charge in [-0.3, -0.25) is 9.59 Å². The van der Waals surface area contributed by atoms with Crippen LogP contribution in [-0.2, 0) is 0 Å². The van der Waals surface area contributed by atoms with Crippen molar-refractivity contribution in [3.63, 3.8) is 0 Å². The number of carbonyl (C=O) groups excluding carboxylic acids is 2. The molecule has 0 spiro atoms. The van der Waals surface area contributed by atoms with Crippen LogP contribution in [0.5, 0.6) is 5.75 Å². The molecular weight excluding hydrogens is 354 g/mol. The molecule has 0 radical (unpaired) electrons. The largest absolute Gasteiger partial charge is 0.497 e. The number of anilines is 1. The van der Waals surface area contributed by atoms with Gasteiger partial charge in [-0.15, -0.1) is 0 Å². The van der Waals surface area contributed by atoms with Crippen molar-refractivity contribution in [1.29, 1.82) is 0 Å². The van der Waals surface area contributed by atoms with Crippen molar-refractivity contribution in [2.45, 2.75) is 0 Å². The minimum absolute atomic E-state index is 0.289. The van der Waals surface area contributed by atoms with Crippen LogP contribution in [0, 0.1) is 0 Å². The zero-order valence-electron chi connectivity index (χ0n) is 15.3. The smallest absolute Gasteiger partial charge is 0.273 e. The van der Waals surface area contributed by atoms with Crippen molar-refractivity contribution in [2.24, 2.45) is 5.10 Å². The SMILES string of the molecule is COc1ccc(/C=N\NC(=O)c2ccccc2NC(=O)c2ccccc2)cc1. The van der Waals surface area contributed by atoms with E-state index in [1.807, 2.05) is 18.2 Å². The molecule has 0 aliphatic rings. The van der Waals surface area contributed by atoms with Gasteiger partial charge in [-0.2, -0.15) is 5.10 Å². The Kier molecular flexibility index (Phi) is 6.15. The number of ether oxygens (including phenoxy) is 1. The third kappa shape index (κ3) is 4.82. The predicted molar refractivity (Wildman–Crippen MR) is 109 cm³/mol. The molecule has 0 saturated heterocycles. The highest BCUT2D eigenvalue weighted by Gasteiger charge is 2.13. The molecule has 0 aliphatic heterocycles. The zero-order valence-corrected chi connectivity index (χ0v) is 15.3. The lowest BCUT2D eigenvalue weighted by molar-refractivity contribution is 0.0956. The number of benzene rings is 3. The van der Waals surface area contributed by atoms with Crippen molar-refractivity contribution in [2.75, 3.05) is 12.4 Å². The van der Waals surface area contributed by atoms with E-state index in [2.05, 4.69) is 15.8 Å². The van der Waals surface area contributed by atoms with Crippen LogP contribution >= 0.6 is 0 Å². The Balaban J connectivity index is 1.68. The molecule has 0 heterocycles. The minimum atomic E-state index is -0.422. The van der Waals surface area contributed by atoms with Crippen LogP contribution in [0.25, 0.3) is 0 Å². The highest BCUT2D eigenvalue weighted by atomic mass is 16.5. The van der Waals surface area contributed by atoms with E-state index >= 15 is 0 Å². The quantitative estimate of drug-likeness (QED) is 0.511. The normalized spacial score (nSPS) is 10.5. The Labute approximate surface area is 162 Å². The van der Waals surface area contributed by atoms with Gasteiger partial charge >= 0.3 is 0 Å². The molecule has 28 heavy (non-hydrogen) atoms. The van der Waals surface area contributed by atoms with Crippen molar-refractivity contribution < 1.29 is 14.3 Å². The number of nitrogens with zero attached hydrogens (tertiary/aromatic N) is 1. The van der Waals surface area contributed by atoms with E-state index in [0.717, 1.165) is 11.3 Å². The fourth-order valence-electron chi connectivity index (χ4n) is 2.49. The van der Waals surface area contributed by atoms with Crippen LogP contribution in [0.1, 0.15) is 26.3 Å². The molecular formula is C22H19N3O3. The van der Waals surface area contributed by atoms with Gasteiger partial charge in [-0.05, 0) is 54.1 Å². The molecule has 6 nitrogen and oxygen atoms in total. The van der Waals surface area contributed by atoms with Gasteiger partial charge in [0, 0.05) is 5.56 Å². The summed E-state index contributed by atoms with van der Waals surface area (Å²) in [6.45, 7) is 0. The lowest BCUT2D eigenvalue weighted by atomic mass is 10.1. The molecule has 0 atom stereocenters. The van der Waals surface area contributed by atoms with E-state index in [1.165, 1.54) is 6.21 Å². The van der Waals surface area contributed by atoms with E-state index < -0.39 is 5.91 Å². The van der Waals surface area contributed by atoms with E-state index in [0.29, 0.717) is 16.8 Å². The van der Waals surface area contributed by atoms with Crippen LogP contribution in [0.4, 0.5) is 5.69 Å². The third-order valence-corrected chi connectivity index (χ3v) is 3.95. The highest BCUT2D eigenvalue weighted by Crippen LogP contribution is 2.16. The highest BCUT2D eigenvalue weighted by molar-refractivity contribution is 6.09. The van der Waals surface area contributed by atoms with E-state index in [9.17, 15) is 9.59 Å². The monoisotopic (exact) mass is 373 g/mol. The van der Waals surface area contributed by atoms with Gasteiger partial charge in [0.2, 0.25) is 0 Å². The van der Waals surface area contributed by atoms with Crippen molar-refractivity contribution in [3.05, 3.63) is 95.6 Å². The first kappa shape index (κ1) is 18.8. The molecule has 0 aliphatic carbocycles. The van der Waals surface area contributed by atoms with Gasteiger partial charge in [-0.1, -0.05) is 30.3 Å². The predicted octanol–water partition coefficient (Wildman–Crippen LogP) is 3.71. The maximum atomic E-state index is 12.5. The molecule has 140 valence electrons. The summed E-state index contributed by atoms with van der Waals surface area (Å²) in [5.41, 5.74) is 4.53. The topological polar surface area (TPSA) is 79.8 Å². The minimum Gasteiger partial charge on any atom is -0.497 e. The molecule has 0 aromatic heterocycles. The summed E-state index contributed by atoms with van der Waals surface area (Å²) < 4.78 is 5.10. The Morgan fingerprint density at radius 3 is 2.25 bits per heavy atom. The van der Waals surface area contributed by atoms with Gasteiger partial charge in [0.15, 0.2) is 0 Å². The maximum absolute atomic E-state index is 12.5. The number of para-hydroxylation sites is 1. The summed E-state index contributed by atoms with van der Waals surface area (Å²) in [6, 6.07) is 22.8. The number of methoxy groups -OCH3 is 1. The summed E-state index contributed by atoms with van der Waals surface area (Å²) in [6.07, 6.45) is 1.53. The lowest BCUT2D eigenvalue weighted by Gasteiger charge is -2.10. The van der Waals surface area contributed by atoms with Gasteiger partial charge in [-0.25, -0.2) is 5.43 Å². The van der Waals surface area contributed by atoms with Gasteiger partial charge in [0.05, 0.1) is 24.6 Å². The fraction of sp³-hybridized carbons (Fsp3) is 0.0455. The Morgan fingerprint density at radius 2 is 1.54 bits per heavy atom. The molecule has 0 unspecified atom stereocenters. The number of hydrazone groups is 1. The van der Waals surface area contributed by atoms with Crippen molar-refractivity contribution >= 4 is 23.7 Å². The van der Waals surface area contributed by atoms with Crippen LogP contribution < -0.4 is 15.5 Å². The van der Waals surface area contributed by atoms with Crippen LogP contribution in [0.15, 0.2) is 84.0 Å². The van der Waals surface area contributed by atoms with Gasteiger partial charge < -0.3 is 10.1 Å². The molecule has 3 aromatic rings. The first-order chi connectivity index (χ1) is 13.7. The number of carbonyl (C=O) groups is 2.